The summed E-state index contributed by atoms with van der Waals surface area (Å²) >= 11 is 0. The Morgan fingerprint density at radius 3 is 2.57 bits per heavy atom. The summed E-state index contributed by atoms with van der Waals surface area (Å²) < 4.78 is 6.00. The minimum absolute atomic E-state index is 0.0570. The van der Waals surface area contributed by atoms with E-state index < -0.39 is 5.66 Å². The molecule has 4 heteroatoms. The number of nitrogens with one attached hydrogen (secondary N) is 1. The number of carbonyl (C=O) groups excluding carboxylic acids is 1. The summed E-state index contributed by atoms with van der Waals surface area (Å²) in [6.45, 7) is 7.66. The van der Waals surface area contributed by atoms with Crippen molar-refractivity contribution >= 4 is 11.6 Å². The van der Waals surface area contributed by atoms with Crippen LogP contribution in [0, 0.1) is 0 Å². The number of unbranched alkanes of at least 4 members (excludes halogenated alkanes) is 4. The highest BCUT2D eigenvalue weighted by atomic mass is 16.5. The van der Waals surface area contributed by atoms with E-state index in [0.717, 1.165) is 35.6 Å². The number of benzene rings is 2. The van der Waals surface area contributed by atoms with Crippen molar-refractivity contribution in [2.45, 2.75) is 58.5 Å². The molecule has 0 radical (unpaired) electrons. The van der Waals surface area contributed by atoms with Crippen molar-refractivity contribution in [2.24, 2.45) is 0 Å². The summed E-state index contributed by atoms with van der Waals surface area (Å²) in [5.41, 5.74) is 2.02. The first kappa shape index (κ1) is 20.2. The lowest BCUT2D eigenvalue weighted by Crippen LogP contribution is -2.55. The van der Waals surface area contributed by atoms with Crippen molar-refractivity contribution in [3.8, 4) is 5.75 Å². The number of anilines is 1. The third-order valence-electron chi connectivity index (χ3n) is 5.55. The first-order valence-corrected chi connectivity index (χ1v) is 10.5. The Labute approximate surface area is 168 Å². The standard InChI is InChI=1S/C24H32N2O2/c1-4-6-7-8-11-17-28-20-14-12-13-19(18-20)24(3)25-22-16-10-9-15-21(22)23(27)26(24)5-2/h9-10,12-16,18,25H,4-8,11,17H2,1-3H3. The zero-order valence-electron chi connectivity index (χ0n) is 17.3. The highest BCUT2D eigenvalue weighted by Crippen LogP contribution is 2.38. The molecule has 2 aromatic carbocycles. The van der Waals surface area contributed by atoms with Crippen LogP contribution in [-0.4, -0.2) is 24.0 Å². The number of carbonyl (C=O) groups is 1. The van der Waals surface area contributed by atoms with Crippen molar-refractivity contribution in [3.05, 3.63) is 59.7 Å². The number of rotatable bonds is 9. The number of fused-ring (bicyclic) bond motifs is 1. The van der Waals surface area contributed by atoms with Gasteiger partial charge in [0.15, 0.2) is 0 Å². The molecule has 1 aliphatic heterocycles. The van der Waals surface area contributed by atoms with Crippen LogP contribution in [0.25, 0.3) is 0 Å². The number of amides is 1. The number of nitrogens with zero attached hydrogens (tertiary/aromatic N) is 1. The largest absolute Gasteiger partial charge is 0.494 e. The third kappa shape index (κ3) is 4.16. The quantitative estimate of drug-likeness (QED) is 0.559. The number of ether oxygens (including phenoxy) is 1. The van der Waals surface area contributed by atoms with Crippen molar-refractivity contribution in [2.75, 3.05) is 18.5 Å². The van der Waals surface area contributed by atoms with E-state index >= 15 is 0 Å². The van der Waals surface area contributed by atoms with Gasteiger partial charge in [-0.25, -0.2) is 0 Å². The topological polar surface area (TPSA) is 41.6 Å². The van der Waals surface area contributed by atoms with Crippen LogP contribution in [-0.2, 0) is 5.66 Å². The van der Waals surface area contributed by atoms with Crippen LogP contribution >= 0.6 is 0 Å². The number of hydrogen-bond acceptors (Lipinski definition) is 3. The Balaban J connectivity index is 1.77. The number of para-hydroxylation sites is 1. The molecular weight excluding hydrogens is 348 g/mol. The highest BCUT2D eigenvalue weighted by molar-refractivity contribution is 6.02. The molecule has 1 unspecified atom stereocenters. The first-order valence-electron chi connectivity index (χ1n) is 10.5. The fraction of sp³-hybridized carbons (Fsp3) is 0.458. The monoisotopic (exact) mass is 380 g/mol. The summed E-state index contributed by atoms with van der Waals surface area (Å²) in [7, 11) is 0. The molecule has 0 saturated carbocycles. The molecule has 1 atom stereocenters. The Hall–Kier alpha value is -2.49. The van der Waals surface area contributed by atoms with Crippen LogP contribution in [0.4, 0.5) is 5.69 Å². The normalized spacial score (nSPS) is 18.5. The maximum atomic E-state index is 13.1. The van der Waals surface area contributed by atoms with Crippen LogP contribution in [0.5, 0.6) is 5.75 Å². The SMILES string of the molecule is CCCCCCCOc1cccc(C2(C)Nc3ccccc3C(=O)N2CC)c1. The Kier molecular flexibility index (Phi) is 6.61. The van der Waals surface area contributed by atoms with Gasteiger partial charge in [0.05, 0.1) is 12.2 Å². The van der Waals surface area contributed by atoms with Crippen molar-refractivity contribution in [1.82, 2.24) is 4.90 Å². The molecule has 150 valence electrons. The second kappa shape index (κ2) is 9.13. The van der Waals surface area contributed by atoms with E-state index in [9.17, 15) is 4.79 Å². The minimum Gasteiger partial charge on any atom is -0.494 e. The Bertz CT molecular complexity index is 805. The average molecular weight is 381 g/mol. The van der Waals surface area contributed by atoms with Crippen molar-refractivity contribution in [1.29, 1.82) is 0 Å². The first-order chi connectivity index (χ1) is 13.6. The average Bonchev–Trinajstić information content (AvgIpc) is 2.71. The van der Waals surface area contributed by atoms with Crippen LogP contribution < -0.4 is 10.1 Å². The molecule has 1 N–H and O–H groups in total. The second-order valence-corrected chi connectivity index (χ2v) is 7.58. The van der Waals surface area contributed by atoms with E-state index in [0.29, 0.717) is 6.54 Å². The van der Waals surface area contributed by atoms with Gasteiger partial charge < -0.3 is 15.0 Å². The summed E-state index contributed by atoms with van der Waals surface area (Å²) in [5.74, 6) is 0.917. The lowest BCUT2D eigenvalue weighted by Gasteiger charge is -2.46. The maximum absolute atomic E-state index is 13.1. The molecule has 0 aliphatic carbocycles. The zero-order valence-corrected chi connectivity index (χ0v) is 17.3. The fourth-order valence-electron chi connectivity index (χ4n) is 3.93. The molecular formula is C24H32N2O2. The molecule has 3 rings (SSSR count). The summed E-state index contributed by atoms with van der Waals surface area (Å²) in [5, 5.41) is 3.59. The molecule has 0 aromatic heterocycles. The lowest BCUT2D eigenvalue weighted by molar-refractivity contribution is 0.0552. The van der Waals surface area contributed by atoms with E-state index in [-0.39, 0.29) is 5.91 Å². The number of hydrogen-bond donors (Lipinski definition) is 1. The van der Waals surface area contributed by atoms with Crippen LogP contribution in [0.1, 0.15) is 68.8 Å². The molecule has 4 nitrogen and oxygen atoms in total. The molecule has 0 saturated heterocycles. The van der Waals surface area contributed by atoms with Crippen molar-refractivity contribution in [3.63, 3.8) is 0 Å². The van der Waals surface area contributed by atoms with Crippen LogP contribution in [0.3, 0.4) is 0 Å². The van der Waals surface area contributed by atoms with Gasteiger partial charge in [0.1, 0.15) is 11.4 Å². The molecule has 1 heterocycles. The van der Waals surface area contributed by atoms with Gasteiger partial charge in [-0.15, -0.1) is 0 Å². The minimum atomic E-state index is -0.610. The fourth-order valence-corrected chi connectivity index (χ4v) is 3.93. The molecule has 1 aliphatic rings. The van der Waals surface area contributed by atoms with Gasteiger partial charge in [-0.3, -0.25) is 4.79 Å². The predicted molar refractivity (Wildman–Crippen MR) is 115 cm³/mol. The van der Waals surface area contributed by atoms with Gasteiger partial charge >= 0.3 is 0 Å². The van der Waals surface area contributed by atoms with Gasteiger partial charge in [0.2, 0.25) is 0 Å². The zero-order chi connectivity index (χ0) is 20.0. The van der Waals surface area contributed by atoms with E-state index in [4.69, 9.17) is 4.74 Å². The summed E-state index contributed by atoms with van der Waals surface area (Å²) in [4.78, 5) is 15.0. The van der Waals surface area contributed by atoms with Gasteiger partial charge in [0, 0.05) is 17.8 Å². The molecule has 28 heavy (non-hydrogen) atoms. The molecule has 2 aromatic rings. The van der Waals surface area contributed by atoms with E-state index in [1.165, 1.54) is 25.7 Å². The van der Waals surface area contributed by atoms with Gasteiger partial charge in [0.25, 0.3) is 5.91 Å². The van der Waals surface area contributed by atoms with E-state index in [1.807, 2.05) is 48.2 Å². The predicted octanol–water partition coefficient (Wildman–Crippen LogP) is 5.80. The summed E-state index contributed by atoms with van der Waals surface area (Å²) in [6.07, 6.45) is 6.11. The maximum Gasteiger partial charge on any atom is 0.258 e. The molecule has 0 bridgehead atoms. The molecule has 0 fully saturated rings. The van der Waals surface area contributed by atoms with E-state index in [1.54, 1.807) is 0 Å². The third-order valence-corrected chi connectivity index (χ3v) is 5.55. The van der Waals surface area contributed by atoms with Gasteiger partial charge in [-0.05, 0) is 44.5 Å². The van der Waals surface area contributed by atoms with Gasteiger partial charge in [-0.1, -0.05) is 56.9 Å². The second-order valence-electron chi connectivity index (χ2n) is 7.58. The lowest BCUT2D eigenvalue weighted by atomic mass is 9.93. The highest BCUT2D eigenvalue weighted by Gasteiger charge is 2.41. The Morgan fingerprint density at radius 2 is 1.79 bits per heavy atom. The smallest absolute Gasteiger partial charge is 0.258 e. The van der Waals surface area contributed by atoms with E-state index in [2.05, 4.69) is 31.3 Å². The van der Waals surface area contributed by atoms with Crippen molar-refractivity contribution < 1.29 is 9.53 Å². The van der Waals surface area contributed by atoms with Crippen LogP contribution in [0.2, 0.25) is 0 Å². The molecule has 0 spiro atoms. The molecule has 1 amide bonds. The summed E-state index contributed by atoms with van der Waals surface area (Å²) in [6, 6.07) is 15.8. The van der Waals surface area contributed by atoms with Gasteiger partial charge in [-0.2, -0.15) is 0 Å². The Morgan fingerprint density at radius 1 is 1.00 bits per heavy atom. The van der Waals surface area contributed by atoms with Crippen LogP contribution in [0.15, 0.2) is 48.5 Å².